The summed E-state index contributed by atoms with van der Waals surface area (Å²) in [6, 6.07) is 0. The van der Waals surface area contributed by atoms with E-state index in [1.54, 1.807) is 7.11 Å². The number of hydrogen-bond acceptors (Lipinski definition) is 4. The first-order valence-electron chi connectivity index (χ1n) is 5.32. The van der Waals surface area contributed by atoms with E-state index in [0.717, 1.165) is 15.6 Å². The fraction of sp³-hybridized carbons (Fsp3) is 0.636. The van der Waals surface area contributed by atoms with Gasteiger partial charge in [0, 0.05) is 12.0 Å². The summed E-state index contributed by atoms with van der Waals surface area (Å²) in [6.45, 7) is 1.86. The topological polar surface area (TPSA) is 59.4 Å². The fourth-order valence-electron chi connectivity index (χ4n) is 1.77. The average Bonchev–Trinajstić information content (AvgIpc) is 2.95. The van der Waals surface area contributed by atoms with Crippen LogP contribution in [0.5, 0.6) is 0 Å². The van der Waals surface area contributed by atoms with Crippen molar-refractivity contribution in [1.82, 2.24) is 4.98 Å². The van der Waals surface area contributed by atoms with Gasteiger partial charge in [0.2, 0.25) is 0 Å². The third-order valence-corrected chi connectivity index (χ3v) is 3.99. The zero-order chi connectivity index (χ0) is 11.7. The van der Waals surface area contributed by atoms with Crippen molar-refractivity contribution in [3.8, 4) is 0 Å². The monoisotopic (exact) mass is 241 g/mol. The van der Waals surface area contributed by atoms with Crippen molar-refractivity contribution in [3.63, 3.8) is 0 Å². The van der Waals surface area contributed by atoms with Crippen molar-refractivity contribution < 1.29 is 14.6 Å². The Labute approximate surface area is 98.3 Å². The summed E-state index contributed by atoms with van der Waals surface area (Å²) in [5.41, 5.74) is 0.824. The van der Waals surface area contributed by atoms with Crippen LogP contribution in [0.25, 0.3) is 0 Å². The molecule has 0 spiro atoms. The first kappa shape index (κ1) is 11.5. The van der Waals surface area contributed by atoms with Crippen LogP contribution in [-0.4, -0.2) is 23.2 Å². The lowest BCUT2D eigenvalue weighted by Crippen LogP contribution is -2.02. The summed E-state index contributed by atoms with van der Waals surface area (Å²) in [5.74, 6) is -0.230. The highest BCUT2D eigenvalue weighted by atomic mass is 32.1. The maximum absolute atomic E-state index is 10.7. The summed E-state index contributed by atoms with van der Waals surface area (Å²) in [7, 11) is 1.69. The minimum absolute atomic E-state index is 0.0601. The Morgan fingerprint density at radius 3 is 2.88 bits per heavy atom. The van der Waals surface area contributed by atoms with Gasteiger partial charge in [-0.1, -0.05) is 0 Å². The van der Waals surface area contributed by atoms with Crippen LogP contribution >= 0.6 is 11.3 Å². The molecule has 1 N–H and O–H groups in total. The molecule has 1 unspecified atom stereocenters. The van der Waals surface area contributed by atoms with Gasteiger partial charge in [-0.25, -0.2) is 4.98 Å². The summed E-state index contributed by atoms with van der Waals surface area (Å²) >= 11 is 1.47. The molecule has 0 bridgehead atoms. The van der Waals surface area contributed by atoms with Crippen LogP contribution in [0.2, 0.25) is 0 Å². The van der Waals surface area contributed by atoms with E-state index in [9.17, 15) is 4.79 Å². The Kier molecular flexibility index (Phi) is 3.25. The SMILES string of the molecule is COC(c1nc(C)c(CC(=O)O)s1)C1CC1. The van der Waals surface area contributed by atoms with Crippen LogP contribution in [-0.2, 0) is 16.0 Å². The molecule has 1 aromatic rings. The number of carbonyl (C=O) groups is 1. The maximum Gasteiger partial charge on any atom is 0.308 e. The Morgan fingerprint density at radius 2 is 2.38 bits per heavy atom. The molecule has 1 aromatic heterocycles. The number of aromatic nitrogens is 1. The number of carboxylic acids is 1. The number of rotatable bonds is 5. The van der Waals surface area contributed by atoms with Gasteiger partial charge in [0.05, 0.1) is 12.1 Å². The second-order valence-corrected chi connectivity index (χ2v) is 5.24. The third-order valence-electron chi connectivity index (χ3n) is 2.77. The number of ether oxygens (including phenoxy) is 1. The van der Waals surface area contributed by atoms with E-state index in [4.69, 9.17) is 9.84 Å². The van der Waals surface area contributed by atoms with Gasteiger partial charge in [-0.05, 0) is 25.7 Å². The number of thiazole rings is 1. The molecule has 0 saturated heterocycles. The number of aryl methyl sites for hydroxylation is 1. The Morgan fingerprint density at radius 1 is 1.69 bits per heavy atom. The fourth-order valence-corrected chi connectivity index (χ4v) is 3.00. The van der Waals surface area contributed by atoms with Crippen molar-refractivity contribution >= 4 is 17.3 Å². The highest BCUT2D eigenvalue weighted by molar-refractivity contribution is 7.11. The van der Waals surface area contributed by atoms with E-state index in [1.807, 2.05) is 6.92 Å². The molecule has 4 nitrogen and oxygen atoms in total. The number of aliphatic carboxylic acids is 1. The molecule has 1 aliphatic rings. The van der Waals surface area contributed by atoms with Crippen LogP contribution in [0.4, 0.5) is 0 Å². The Balaban J connectivity index is 2.18. The standard InChI is InChI=1S/C11H15NO3S/c1-6-8(5-9(13)14)16-11(12-6)10(15-2)7-3-4-7/h7,10H,3-5H2,1-2H3,(H,13,14). The van der Waals surface area contributed by atoms with Gasteiger partial charge < -0.3 is 9.84 Å². The molecular formula is C11H15NO3S. The molecular weight excluding hydrogens is 226 g/mol. The first-order chi connectivity index (χ1) is 7.61. The van der Waals surface area contributed by atoms with Crippen LogP contribution in [0.15, 0.2) is 0 Å². The predicted molar refractivity (Wildman–Crippen MR) is 60.7 cm³/mol. The minimum atomic E-state index is -0.807. The number of carboxylic acid groups (broad SMARTS) is 1. The van der Waals surface area contributed by atoms with Crippen molar-refractivity contribution in [2.24, 2.45) is 5.92 Å². The second kappa shape index (κ2) is 4.51. The molecule has 16 heavy (non-hydrogen) atoms. The van der Waals surface area contributed by atoms with Crippen LogP contribution in [0, 0.1) is 12.8 Å². The smallest absolute Gasteiger partial charge is 0.308 e. The molecule has 2 rings (SSSR count). The normalized spacial score (nSPS) is 17.4. The summed E-state index contributed by atoms with van der Waals surface area (Å²) in [6.07, 6.45) is 2.49. The molecule has 1 fully saturated rings. The van der Waals surface area contributed by atoms with E-state index in [0.29, 0.717) is 5.92 Å². The molecule has 88 valence electrons. The first-order valence-corrected chi connectivity index (χ1v) is 6.14. The number of hydrogen-bond donors (Lipinski definition) is 1. The molecule has 1 heterocycles. The van der Waals surface area contributed by atoms with Gasteiger partial charge in [0.15, 0.2) is 0 Å². The third kappa shape index (κ3) is 2.41. The molecule has 0 aromatic carbocycles. The van der Waals surface area contributed by atoms with Gasteiger partial charge in [-0.15, -0.1) is 11.3 Å². The van der Waals surface area contributed by atoms with Crippen LogP contribution < -0.4 is 0 Å². The number of methoxy groups -OCH3 is 1. The Bertz CT molecular complexity index is 398. The lowest BCUT2D eigenvalue weighted by atomic mass is 10.2. The van der Waals surface area contributed by atoms with Crippen molar-refractivity contribution in [3.05, 3.63) is 15.6 Å². The van der Waals surface area contributed by atoms with E-state index >= 15 is 0 Å². The van der Waals surface area contributed by atoms with E-state index in [1.165, 1.54) is 24.2 Å². The zero-order valence-electron chi connectivity index (χ0n) is 9.40. The summed E-state index contributed by atoms with van der Waals surface area (Å²) in [5, 5.41) is 9.69. The van der Waals surface area contributed by atoms with E-state index < -0.39 is 5.97 Å². The van der Waals surface area contributed by atoms with Crippen molar-refractivity contribution in [2.45, 2.75) is 32.3 Å². The van der Waals surface area contributed by atoms with Gasteiger partial charge in [0.1, 0.15) is 11.1 Å². The highest BCUT2D eigenvalue weighted by Gasteiger charge is 2.34. The maximum atomic E-state index is 10.7. The van der Waals surface area contributed by atoms with Crippen molar-refractivity contribution in [1.29, 1.82) is 0 Å². The largest absolute Gasteiger partial charge is 0.481 e. The Hall–Kier alpha value is -0.940. The van der Waals surface area contributed by atoms with E-state index in [2.05, 4.69) is 4.98 Å². The quantitative estimate of drug-likeness (QED) is 0.858. The highest BCUT2D eigenvalue weighted by Crippen LogP contribution is 2.44. The lowest BCUT2D eigenvalue weighted by Gasteiger charge is -2.10. The summed E-state index contributed by atoms with van der Waals surface area (Å²) in [4.78, 5) is 15.9. The molecule has 1 aliphatic carbocycles. The zero-order valence-corrected chi connectivity index (χ0v) is 10.2. The molecule has 1 atom stereocenters. The molecule has 0 amide bonds. The van der Waals surface area contributed by atoms with Crippen LogP contribution in [0.3, 0.4) is 0 Å². The van der Waals surface area contributed by atoms with E-state index in [-0.39, 0.29) is 12.5 Å². The van der Waals surface area contributed by atoms with Gasteiger partial charge in [-0.3, -0.25) is 4.79 Å². The predicted octanol–water partition coefficient (Wildman–Crippen LogP) is 2.18. The molecule has 0 aliphatic heterocycles. The minimum Gasteiger partial charge on any atom is -0.481 e. The summed E-state index contributed by atoms with van der Waals surface area (Å²) < 4.78 is 5.43. The number of nitrogens with zero attached hydrogens (tertiary/aromatic N) is 1. The van der Waals surface area contributed by atoms with Gasteiger partial charge >= 0.3 is 5.97 Å². The van der Waals surface area contributed by atoms with Gasteiger partial charge in [-0.2, -0.15) is 0 Å². The average molecular weight is 241 g/mol. The van der Waals surface area contributed by atoms with Gasteiger partial charge in [0.25, 0.3) is 0 Å². The molecule has 1 saturated carbocycles. The lowest BCUT2D eigenvalue weighted by molar-refractivity contribution is -0.136. The van der Waals surface area contributed by atoms with Crippen LogP contribution in [0.1, 0.15) is 34.5 Å². The second-order valence-electron chi connectivity index (χ2n) is 4.12. The molecule has 5 heteroatoms. The van der Waals surface area contributed by atoms with Crippen molar-refractivity contribution in [2.75, 3.05) is 7.11 Å². The molecule has 0 radical (unpaired) electrons.